The molecule has 8 rings (SSSR count). The van der Waals surface area contributed by atoms with Gasteiger partial charge >= 0.3 is 0 Å². The molecular weight excluding hydrogens is 480 g/mol. The number of ketones is 1. The van der Waals surface area contributed by atoms with Crippen LogP contribution in [0.5, 0.6) is 5.75 Å². The molecule has 0 heterocycles. The van der Waals surface area contributed by atoms with Gasteiger partial charge in [-0.2, -0.15) is 0 Å². The summed E-state index contributed by atoms with van der Waals surface area (Å²) >= 11 is 0. The van der Waals surface area contributed by atoms with E-state index in [1.54, 1.807) is 7.11 Å². The second kappa shape index (κ2) is 7.16. The van der Waals surface area contributed by atoms with Gasteiger partial charge in [-0.15, -0.1) is 0 Å². The molecule has 6 atom stereocenters. The van der Waals surface area contributed by atoms with Gasteiger partial charge in [0, 0.05) is 22.2 Å². The number of benzene rings is 4. The molecule has 3 heteroatoms. The largest absolute Gasteiger partial charge is 0.497 e. The Kier molecular flexibility index (Phi) is 4.22. The van der Waals surface area contributed by atoms with Gasteiger partial charge in [0.25, 0.3) is 0 Å². The van der Waals surface area contributed by atoms with E-state index in [0.717, 1.165) is 39.1 Å². The topological polar surface area (TPSA) is 46.5 Å². The van der Waals surface area contributed by atoms with Gasteiger partial charge in [0.2, 0.25) is 0 Å². The quantitative estimate of drug-likeness (QED) is 0.344. The number of rotatable bonds is 4. The lowest BCUT2D eigenvalue weighted by atomic mass is 9.49. The molecule has 4 aliphatic carbocycles. The van der Waals surface area contributed by atoms with E-state index in [-0.39, 0.29) is 11.7 Å². The monoisotopic (exact) mass is 510 g/mol. The van der Waals surface area contributed by atoms with E-state index in [1.165, 1.54) is 5.56 Å². The molecule has 0 aliphatic heterocycles. The van der Waals surface area contributed by atoms with E-state index in [1.807, 2.05) is 48.5 Å². The second-order valence-corrected chi connectivity index (χ2v) is 12.0. The number of fused-ring (bicyclic) bond motifs is 3. The van der Waals surface area contributed by atoms with Crippen LogP contribution in [0.25, 0.3) is 11.1 Å². The van der Waals surface area contributed by atoms with Crippen LogP contribution in [0, 0.1) is 17.3 Å². The Morgan fingerprint density at radius 1 is 0.718 bits per heavy atom. The fraction of sp³-hybridized carbons (Fsp3) is 0.250. The Balaban J connectivity index is 1.53. The van der Waals surface area contributed by atoms with Gasteiger partial charge in [-0.25, -0.2) is 0 Å². The molecule has 0 amide bonds. The van der Waals surface area contributed by atoms with Crippen molar-refractivity contribution in [1.82, 2.24) is 0 Å². The zero-order valence-electron chi connectivity index (χ0n) is 22.3. The molecule has 39 heavy (non-hydrogen) atoms. The van der Waals surface area contributed by atoms with Crippen molar-refractivity contribution in [2.45, 2.75) is 30.3 Å². The zero-order valence-corrected chi connectivity index (χ0v) is 22.3. The summed E-state index contributed by atoms with van der Waals surface area (Å²) in [6, 6.07) is 37.1. The molecule has 0 spiro atoms. The minimum atomic E-state index is -1.27. The molecular formula is C36H30O3. The van der Waals surface area contributed by atoms with Crippen molar-refractivity contribution in [3.8, 4) is 5.75 Å². The third-order valence-corrected chi connectivity index (χ3v) is 10.9. The maximum absolute atomic E-state index is 15.0. The molecule has 0 saturated heterocycles. The van der Waals surface area contributed by atoms with Gasteiger partial charge in [-0.1, -0.05) is 111 Å². The smallest absolute Gasteiger partial charge is 0.146 e. The van der Waals surface area contributed by atoms with Crippen LogP contribution in [0.3, 0.4) is 0 Å². The highest BCUT2D eigenvalue weighted by molar-refractivity contribution is 6.17. The zero-order chi connectivity index (χ0) is 26.8. The summed E-state index contributed by atoms with van der Waals surface area (Å²) in [6.07, 6.45) is 0. The average molecular weight is 511 g/mol. The lowest BCUT2D eigenvalue weighted by molar-refractivity contribution is -0.139. The predicted molar refractivity (Wildman–Crippen MR) is 152 cm³/mol. The van der Waals surface area contributed by atoms with E-state index >= 15 is 0 Å². The molecule has 3 nitrogen and oxygen atoms in total. The fourth-order valence-corrected chi connectivity index (χ4v) is 9.54. The third kappa shape index (κ3) is 2.20. The molecule has 192 valence electrons. The summed E-state index contributed by atoms with van der Waals surface area (Å²) in [5.41, 5.74) is 3.76. The Morgan fingerprint density at radius 3 is 1.90 bits per heavy atom. The maximum atomic E-state index is 15.0. The number of aliphatic hydroxyl groups is 1. The lowest BCUT2D eigenvalue weighted by Crippen LogP contribution is -2.63. The highest BCUT2D eigenvalue weighted by atomic mass is 16.5. The lowest BCUT2D eigenvalue weighted by Gasteiger charge is -2.56. The van der Waals surface area contributed by atoms with Crippen molar-refractivity contribution in [3.05, 3.63) is 137 Å². The first kappa shape index (κ1) is 23.0. The number of hydrogen-bond acceptors (Lipinski definition) is 3. The van der Waals surface area contributed by atoms with Crippen molar-refractivity contribution in [3.63, 3.8) is 0 Å². The first-order valence-electron chi connectivity index (χ1n) is 13.7. The summed E-state index contributed by atoms with van der Waals surface area (Å²) in [5, 5.41) is 13.6. The fourth-order valence-electron chi connectivity index (χ4n) is 9.54. The minimum Gasteiger partial charge on any atom is -0.497 e. The number of carbonyl (C=O) groups is 1. The normalized spacial score (nSPS) is 35.0. The molecule has 4 bridgehead atoms. The van der Waals surface area contributed by atoms with E-state index in [2.05, 4.69) is 74.5 Å². The Hall–Kier alpha value is -3.95. The van der Waals surface area contributed by atoms with Crippen molar-refractivity contribution >= 4 is 16.9 Å². The number of Topliss-reactive ketones (excluding diaryl/α,β-unsaturated/α-hetero) is 1. The van der Waals surface area contributed by atoms with Crippen molar-refractivity contribution in [2.24, 2.45) is 17.3 Å². The molecule has 0 radical (unpaired) electrons. The first-order chi connectivity index (χ1) is 18.9. The van der Waals surface area contributed by atoms with Gasteiger partial charge in [0.15, 0.2) is 0 Å². The van der Waals surface area contributed by atoms with Gasteiger partial charge in [-0.3, -0.25) is 4.79 Å². The van der Waals surface area contributed by atoms with Crippen molar-refractivity contribution in [2.75, 3.05) is 7.11 Å². The van der Waals surface area contributed by atoms with Crippen LogP contribution < -0.4 is 4.74 Å². The first-order valence-corrected chi connectivity index (χ1v) is 13.7. The number of allylic oxidation sites excluding steroid dienone is 1. The SMILES string of the molecule is COc1ccc([C@]23c4ccccc4[C@]4(C)[C@@H]5C(=O)[C@H]2[C@@]3(C)[C@@]4(O)C(c2ccccc2)=C5c2ccccc2)cc1. The van der Waals surface area contributed by atoms with Gasteiger partial charge in [0.05, 0.1) is 13.0 Å². The molecule has 1 N–H and O–H groups in total. The predicted octanol–water partition coefficient (Wildman–Crippen LogP) is 6.44. The molecule has 4 aliphatic rings. The average Bonchev–Trinajstić information content (AvgIpc) is 3.55. The van der Waals surface area contributed by atoms with Gasteiger partial charge < -0.3 is 9.84 Å². The van der Waals surface area contributed by atoms with Crippen LogP contribution in [0.15, 0.2) is 109 Å². The van der Waals surface area contributed by atoms with Crippen LogP contribution in [0.4, 0.5) is 0 Å². The van der Waals surface area contributed by atoms with Crippen LogP contribution in [0.1, 0.15) is 41.7 Å². The number of hydrogen-bond donors (Lipinski definition) is 1. The van der Waals surface area contributed by atoms with Crippen molar-refractivity contribution in [1.29, 1.82) is 0 Å². The molecule has 4 aromatic rings. The van der Waals surface area contributed by atoms with E-state index < -0.39 is 27.8 Å². The number of methoxy groups -OCH3 is 1. The molecule has 2 saturated carbocycles. The van der Waals surface area contributed by atoms with Gasteiger partial charge in [0.1, 0.15) is 17.1 Å². The highest BCUT2D eigenvalue weighted by Crippen LogP contribution is 2.90. The van der Waals surface area contributed by atoms with Crippen LogP contribution in [0.2, 0.25) is 0 Å². The number of carbonyl (C=O) groups excluding carboxylic acids is 1. The maximum Gasteiger partial charge on any atom is 0.146 e. The molecule has 0 unspecified atom stereocenters. The highest BCUT2D eigenvalue weighted by Gasteiger charge is 2.95. The summed E-state index contributed by atoms with van der Waals surface area (Å²) in [7, 11) is 1.67. The Morgan fingerprint density at radius 2 is 1.28 bits per heavy atom. The summed E-state index contributed by atoms with van der Waals surface area (Å²) < 4.78 is 5.48. The summed E-state index contributed by atoms with van der Waals surface area (Å²) in [4.78, 5) is 15.0. The molecule has 0 aromatic heterocycles. The second-order valence-electron chi connectivity index (χ2n) is 12.0. The molecule has 2 fully saturated rings. The van der Waals surface area contributed by atoms with E-state index in [9.17, 15) is 9.90 Å². The van der Waals surface area contributed by atoms with Crippen LogP contribution in [-0.4, -0.2) is 23.6 Å². The van der Waals surface area contributed by atoms with E-state index in [4.69, 9.17) is 4.74 Å². The summed E-state index contributed by atoms with van der Waals surface area (Å²) in [5.74, 6) is 0.217. The number of ether oxygens (including phenoxy) is 1. The third-order valence-electron chi connectivity index (χ3n) is 10.9. The standard InChI is InChI=1S/C36H30O3/c1-33-26-16-10-11-17-27(26)35(24-18-20-25(39-3)21-19-24)32-31(37)30(33)28(22-12-6-4-7-13-22)29(23-14-8-5-9-15-23)36(33,38)34(32,35)2/h4-21,30,32,38H,1-3H3/t30-,32-,33+,34+,35-,36+/m0/s1. The molecule has 4 aromatic carbocycles. The van der Waals surface area contributed by atoms with E-state index in [0.29, 0.717) is 0 Å². The van der Waals surface area contributed by atoms with Crippen LogP contribution in [-0.2, 0) is 15.6 Å². The minimum absolute atomic E-state index is 0.237. The Bertz CT molecular complexity index is 1710. The van der Waals surface area contributed by atoms with Gasteiger partial charge in [-0.05, 0) is 51.1 Å². The van der Waals surface area contributed by atoms with Crippen LogP contribution >= 0.6 is 0 Å². The Labute approximate surface area is 228 Å². The summed E-state index contributed by atoms with van der Waals surface area (Å²) in [6.45, 7) is 4.31. The van der Waals surface area contributed by atoms with Crippen molar-refractivity contribution < 1.29 is 14.6 Å².